The molecule has 146 valence electrons. The molecule has 0 radical (unpaired) electrons. The zero-order chi connectivity index (χ0) is 20.4. The average molecular weight is 404 g/mol. The molecule has 0 bridgehead atoms. The Kier molecular flexibility index (Phi) is 5.14. The number of fused-ring (bicyclic) bond motifs is 1. The van der Waals surface area contributed by atoms with E-state index >= 15 is 0 Å². The van der Waals surface area contributed by atoms with Gasteiger partial charge in [-0.25, -0.2) is 4.98 Å². The SMILES string of the molecule is Cn1c(S(=O)Cc2ccc(C(=O)Nc3ccccc3N)cc2)nc2ccccc21. The summed E-state index contributed by atoms with van der Waals surface area (Å²) in [5, 5.41) is 3.33. The minimum atomic E-state index is -1.30. The molecule has 0 fully saturated rings. The monoisotopic (exact) mass is 404 g/mol. The number of anilines is 2. The van der Waals surface area contributed by atoms with Crippen LogP contribution >= 0.6 is 0 Å². The predicted octanol–water partition coefficient (Wildman–Crippen LogP) is 3.72. The van der Waals surface area contributed by atoms with E-state index in [0.29, 0.717) is 27.8 Å². The molecular formula is C22H20N4O2S. The topological polar surface area (TPSA) is 90.0 Å². The molecule has 6 nitrogen and oxygen atoms in total. The van der Waals surface area contributed by atoms with Gasteiger partial charge in [-0.3, -0.25) is 9.00 Å². The zero-order valence-corrected chi connectivity index (χ0v) is 16.6. The normalized spacial score (nSPS) is 12.0. The summed E-state index contributed by atoms with van der Waals surface area (Å²) in [6, 6.07) is 21.9. The molecule has 1 unspecified atom stereocenters. The number of carbonyl (C=O) groups excluding carboxylic acids is 1. The molecule has 1 amide bonds. The highest BCUT2D eigenvalue weighted by molar-refractivity contribution is 7.84. The molecule has 3 N–H and O–H groups in total. The van der Waals surface area contributed by atoms with E-state index in [-0.39, 0.29) is 5.91 Å². The number of rotatable bonds is 5. The third-order valence-electron chi connectivity index (χ3n) is 4.67. The fourth-order valence-corrected chi connectivity index (χ4v) is 4.33. The maximum atomic E-state index is 12.8. The molecule has 1 atom stereocenters. The number of amides is 1. The Morgan fingerprint density at radius 2 is 1.72 bits per heavy atom. The van der Waals surface area contributed by atoms with E-state index in [9.17, 15) is 9.00 Å². The van der Waals surface area contributed by atoms with Crippen LogP contribution in [0, 0.1) is 0 Å². The number of hydrogen-bond acceptors (Lipinski definition) is 4. The quantitative estimate of drug-likeness (QED) is 0.496. The standard InChI is InChI=1S/C22H20N4O2S/c1-26-20-9-5-4-8-19(20)25-22(26)29(28)14-15-10-12-16(13-11-15)21(27)24-18-7-3-2-6-17(18)23/h2-13H,14,23H2,1H3,(H,24,27). The van der Waals surface area contributed by atoms with Crippen molar-refractivity contribution in [3.63, 3.8) is 0 Å². The van der Waals surface area contributed by atoms with Crippen molar-refractivity contribution in [1.82, 2.24) is 9.55 Å². The average Bonchev–Trinajstić information content (AvgIpc) is 3.07. The Labute approximate surface area is 170 Å². The Morgan fingerprint density at radius 1 is 1.03 bits per heavy atom. The summed E-state index contributed by atoms with van der Waals surface area (Å²) >= 11 is 0. The fraction of sp³-hybridized carbons (Fsp3) is 0.0909. The smallest absolute Gasteiger partial charge is 0.255 e. The molecule has 4 rings (SSSR count). The van der Waals surface area contributed by atoms with Crippen molar-refractivity contribution in [2.75, 3.05) is 11.1 Å². The fourth-order valence-electron chi connectivity index (χ4n) is 3.10. The number of hydrogen-bond donors (Lipinski definition) is 2. The summed E-state index contributed by atoms with van der Waals surface area (Å²) in [6.45, 7) is 0. The van der Waals surface area contributed by atoms with Crippen molar-refractivity contribution in [1.29, 1.82) is 0 Å². The van der Waals surface area contributed by atoms with Crippen LogP contribution in [-0.2, 0) is 23.6 Å². The first-order chi connectivity index (χ1) is 14.0. The van der Waals surface area contributed by atoms with Gasteiger partial charge in [-0.1, -0.05) is 36.4 Å². The highest BCUT2D eigenvalue weighted by atomic mass is 32.2. The van der Waals surface area contributed by atoms with E-state index in [1.54, 1.807) is 24.3 Å². The van der Waals surface area contributed by atoms with Gasteiger partial charge in [-0.15, -0.1) is 0 Å². The predicted molar refractivity (Wildman–Crippen MR) is 116 cm³/mol. The van der Waals surface area contributed by atoms with E-state index in [0.717, 1.165) is 16.6 Å². The zero-order valence-electron chi connectivity index (χ0n) is 15.8. The van der Waals surface area contributed by atoms with E-state index in [1.165, 1.54) is 0 Å². The second kappa shape index (κ2) is 7.89. The molecular weight excluding hydrogens is 384 g/mol. The van der Waals surface area contributed by atoms with Crippen LogP contribution in [0.3, 0.4) is 0 Å². The van der Waals surface area contributed by atoms with Gasteiger partial charge in [0, 0.05) is 12.6 Å². The third kappa shape index (κ3) is 3.90. The molecule has 0 spiro atoms. The van der Waals surface area contributed by atoms with Crippen LogP contribution in [0.1, 0.15) is 15.9 Å². The van der Waals surface area contributed by atoms with Gasteiger partial charge in [-0.05, 0) is 42.0 Å². The number of aromatic nitrogens is 2. The number of nitrogens with zero attached hydrogens (tertiary/aromatic N) is 2. The van der Waals surface area contributed by atoms with Gasteiger partial charge < -0.3 is 15.6 Å². The first-order valence-corrected chi connectivity index (χ1v) is 10.4. The molecule has 0 aliphatic heterocycles. The number of nitrogens with one attached hydrogen (secondary N) is 1. The molecule has 0 aliphatic rings. The van der Waals surface area contributed by atoms with Crippen LogP contribution in [0.2, 0.25) is 0 Å². The van der Waals surface area contributed by atoms with Gasteiger partial charge in [0.2, 0.25) is 0 Å². The number of aryl methyl sites for hydroxylation is 1. The molecule has 1 heterocycles. The summed E-state index contributed by atoms with van der Waals surface area (Å²) in [6.07, 6.45) is 0. The lowest BCUT2D eigenvalue weighted by Gasteiger charge is -2.08. The maximum absolute atomic E-state index is 12.8. The van der Waals surface area contributed by atoms with Crippen molar-refractivity contribution in [3.8, 4) is 0 Å². The Bertz CT molecular complexity index is 1220. The van der Waals surface area contributed by atoms with Crippen molar-refractivity contribution in [2.24, 2.45) is 7.05 Å². The van der Waals surface area contributed by atoms with Crippen LogP contribution in [0.15, 0.2) is 78.0 Å². The summed E-state index contributed by atoms with van der Waals surface area (Å²) in [4.78, 5) is 16.9. The van der Waals surface area contributed by atoms with Crippen LogP contribution in [-0.4, -0.2) is 19.7 Å². The summed E-state index contributed by atoms with van der Waals surface area (Å²) < 4.78 is 14.7. The Hall–Kier alpha value is -3.45. The Morgan fingerprint density at radius 3 is 2.45 bits per heavy atom. The van der Waals surface area contributed by atoms with Crippen LogP contribution in [0.4, 0.5) is 11.4 Å². The van der Waals surface area contributed by atoms with E-state index < -0.39 is 10.8 Å². The number of benzene rings is 3. The number of nitrogens with two attached hydrogens (primary N) is 1. The number of nitrogen functional groups attached to an aromatic ring is 1. The maximum Gasteiger partial charge on any atom is 0.255 e. The lowest BCUT2D eigenvalue weighted by molar-refractivity contribution is 0.102. The second-order valence-electron chi connectivity index (χ2n) is 6.67. The van der Waals surface area contributed by atoms with E-state index in [2.05, 4.69) is 10.3 Å². The molecule has 29 heavy (non-hydrogen) atoms. The summed E-state index contributed by atoms with van der Waals surface area (Å²) in [5.74, 6) is 0.0796. The van der Waals surface area contributed by atoms with Crippen molar-refractivity contribution >= 4 is 39.1 Å². The number of para-hydroxylation sites is 4. The summed E-state index contributed by atoms with van der Waals surface area (Å²) in [5.41, 5.74) is 10.1. The van der Waals surface area contributed by atoms with Gasteiger partial charge >= 0.3 is 0 Å². The van der Waals surface area contributed by atoms with Crippen LogP contribution in [0.5, 0.6) is 0 Å². The number of carbonyl (C=O) groups is 1. The van der Waals surface area contributed by atoms with Crippen molar-refractivity contribution in [3.05, 3.63) is 83.9 Å². The first kappa shape index (κ1) is 18.9. The van der Waals surface area contributed by atoms with Crippen molar-refractivity contribution < 1.29 is 9.00 Å². The largest absolute Gasteiger partial charge is 0.397 e. The minimum Gasteiger partial charge on any atom is -0.397 e. The second-order valence-corrected chi connectivity index (χ2v) is 8.02. The van der Waals surface area contributed by atoms with E-state index in [1.807, 2.05) is 60.1 Å². The third-order valence-corrected chi connectivity index (χ3v) is 6.04. The van der Waals surface area contributed by atoms with Gasteiger partial charge in [0.05, 0.1) is 39.0 Å². The van der Waals surface area contributed by atoms with Crippen molar-refractivity contribution in [2.45, 2.75) is 10.9 Å². The lowest BCUT2D eigenvalue weighted by atomic mass is 10.1. The molecule has 4 aromatic rings. The number of imidazole rings is 1. The Balaban J connectivity index is 1.47. The van der Waals surface area contributed by atoms with Crippen LogP contribution < -0.4 is 11.1 Å². The highest BCUT2D eigenvalue weighted by Gasteiger charge is 2.15. The molecule has 0 saturated carbocycles. The van der Waals surface area contributed by atoms with E-state index in [4.69, 9.17) is 5.73 Å². The van der Waals surface area contributed by atoms with Crippen LogP contribution in [0.25, 0.3) is 11.0 Å². The van der Waals surface area contributed by atoms with Gasteiger partial charge in [0.1, 0.15) is 0 Å². The molecule has 1 aromatic heterocycles. The summed E-state index contributed by atoms with van der Waals surface area (Å²) in [7, 11) is 0.571. The molecule has 7 heteroatoms. The lowest BCUT2D eigenvalue weighted by Crippen LogP contribution is -2.13. The highest BCUT2D eigenvalue weighted by Crippen LogP contribution is 2.20. The van der Waals surface area contributed by atoms with Gasteiger partial charge in [-0.2, -0.15) is 0 Å². The van der Waals surface area contributed by atoms with Gasteiger partial charge in [0.25, 0.3) is 5.91 Å². The minimum absolute atomic E-state index is 0.245. The molecule has 0 saturated heterocycles. The molecule has 3 aromatic carbocycles. The van der Waals surface area contributed by atoms with Gasteiger partial charge in [0.15, 0.2) is 5.16 Å². The first-order valence-electron chi connectivity index (χ1n) is 9.07. The molecule has 0 aliphatic carbocycles.